The predicted molar refractivity (Wildman–Crippen MR) is 86.9 cm³/mol. The van der Waals surface area contributed by atoms with Gasteiger partial charge in [-0.2, -0.15) is 0 Å². The second-order valence-corrected chi connectivity index (χ2v) is 5.86. The Morgan fingerprint density at radius 2 is 1.92 bits per heavy atom. The number of nitrogens with one attached hydrogen (secondary N) is 1. The van der Waals surface area contributed by atoms with Gasteiger partial charge in [-0.25, -0.2) is 14.8 Å². The van der Waals surface area contributed by atoms with Gasteiger partial charge in [-0.05, 0) is 32.9 Å². The minimum atomic E-state index is -0.678. The molecule has 0 aliphatic rings. The summed E-state index contributed by atoms with van der Waals surface area (Å²) >= 11 is 0. The Bertz CT molecular complexity index is 756. The third kappa shape index (κ3) is 5.24. The molecular weight excluding hydrogens is 312 g/mol. The monoisotopic (exact) mass is 330 g/mol. The molecular formula is C16H18N4O4. The highest BCUT2D eigenvalue weighted by Gasteiger charge is 2.16. The van der Waals surface area contributed by atoms with Gasteiger partial charge >= 0.3 is 6.09 Å². The molecule has 0 radical (unpaired) electrons. The lowest BCUT2D eigenvalue weighted by molar-refractivity contribution is 0.0635. The van der Waals surface area contributed by atoms with Gasteiger partial charge in [-0.1, -0.05) is 6.07 Å². The number of carbonyl (C=O) groups excluding carboxylic acids is 2. The van der Waals surface area contributed by atoms with Crippen molar-refractivity contribution in [3.8, 4) is 11.6 Å². The van der Waals surface area contributed by atoms with Crippen molar-refractivity contribution in [2.75, 3.05) is 5.32 Å². The lowest BCUT2D eigenvalue weighted by Crippen LogP contribution is -2.27. The molecule has 0 spiro atoms. The molecule has 2 aromatic rings. The largest absolute Gasteiger partial charge is 0.444 e. The summed E-state index contributed by atoms with van der Waals surface area (Å²) in [6.45, 7) is 5.33. The van der Waals surface area contributed by atoms with Crippen molar-refractivity contribution in [3.05, 3.63) is 42.4 Å². The Kier molecular flexibility index (Phi) is 4.98. The predicted octanol–water partition coefficient (Wildman–Crippen LogP) is 2.71. The van der Waals surface area contributed by atoms with Gasteiger partial charge in [0, 0.05) is 17.8 Å². The van der Waals surface area contributed by atoms with Gasteiger partial charge in [0.25, 0.3) is 5.91 Å². The molecule has 0 aliphatic heterocycles. The van der Waals surface area contributed by atoms with Crippen molar-refractivity contribution < 1.29 is 19.1 Å². The van der Waals surface area contributed by atoms with Crippen molar-refractivity contribution in [3.63, 3.8) is 0 Å². The average molecular weight is 330 g/mol. The van der Waals surface area contributed by atoms with Crippen LogP contribution in [0.15, 0.2) is 36.7 Å². The maximum absolute atomic E-state index is 11.8. The van der Waals surface area contributed by atoms with Gasteiger partial charge in [-0.15, -0.1) is 0 Å². The molecule has 24 heavy (non-hydrogen) atoms. The molecule has 8 heteroatoms. The highest BCUT2D eigenvalue weighted by molar-refractivity contribution is 5.90. The van der Waals surface area contributed by atoms with E-state index in [9.17, 15) is 9.59 Å². The first-order valence-corrected chi connectivity index (χ1v) is 7.13. The number of rotatable bonds is 4. The van der Waals surface area contributed by atoms with E-state index in [1.807, 2.05) is 0 Å². The first-order chi connectivity index (χ1) is 11.2. The van der Waals surface area contributed by atoms with Crippen LogP contribution in [0.3, 0.4) is 0 Å². The third-order valence-corrected chi connectivity index (χ3v) is 2.60. The second-order valence-electron chi connectivity index (χ2n) is 5.86. The number of benzene rings is 1. The normalized spacial score (nSPS) is 10.8. The maximum Gasteiger partial charge on any atom is 0.412 e. The average Bonchev–Trinajstić information content (AvgIpc) is 2.45. The number of carbonyl (C=O) groups is 2. The molecule has 0 saturated carbocycles. The van der Waals surface area contributed by atoms with Crippen LogP contribution in [0.25, 0.3) is 0 Å². The Labute approximate surface area is 139 Å². The highest BCUT2D eigenvalue weighted by Crippen LogP contribution is 2.23. The van der Waals surface area contributed by atoms with Gasteiger partial charge < -0.3 is 15.2 Å². The van der Waals surface area contributed by atoms with Gasteiger partial charge in [-0.3, -0.25) is 10.1 Å². The Morgan fingerprint density at radius 1 is 1.17 bits per heavy atom. The first kappa shape index (κ1) is 17.2. The van der Waals surface area contributed by atoms with Crippen LogP contribution in [-0.2, 0) is 4.74 Å². The number of hydrogen-bond acceptors (Lipinski definition) is 6. The number of primary amides is 1. The van der Waals surface area contributed by atoms with Crippen LogP contribution < -0.4 is 15.8 Å². The van der Waals surface area contributed by atoms with E-state index in [0.717, 1.165) is 0 Å². The summed E-state index contributed by atoms with van der Waals surface area (Å²) in [4.78, 5) is 30.5. The van der Waals surface area contributed by atoms with Crippen LogP contribution in [0.1, 0.15) is 31.3 Å². The lowest BCUT2D eigenvalue weighted by Gasteiger charge is -2.19. The number of nitrogens with two attached hydrogens (primary N) is 1. The molecule has 0 atom stereocenters. The minimum Gasteiger partial charge on any atom is -0.444 e. The van der Waals surface area contributed by atoms with Crippen molar-refractivity contribution in [1.29, 1.82) is 0 Å². The summed E-state index contributed by atoms with van der Waals surface area (Å²) in [7, 11) is 0. The molecule has 0 saturated heterocycles. The number of ether oxygens (including phenoxy) is 2. The van der Waals surface area contributed by atoms with E-state index in [4.69, 9.17) is 15.2 Å². The molecule has 126 valence electrons. The SMILES string of the molecule is CC(C)(C)OC(=O)Nc1cccc(Oc2cc(C(N)=O)ncn2)c1. The van der Waals surface area contributed by atoms with Gasteiger partial charge in [0.2, 0.25) is 5.88 Å². The second kappa shape index (κ2) is 6.95. The summed E-state index contributed by atoms with van der Waals surface area (Å²) in [5.74, 6) is -0.103. The molecule has 0 unspecified atom stereocenters. The topological polar surface area (TPSA) is 116 Å². The third-order valence-electron chi connectivity index (χ3n) is 2.60. The van der Waals surface area contributed by atoms with Crippen LogP contribution >= 0.6 is 0 Å². The maximum atomic E-state index is 11.8. The molecule has 0 aliphatic carbocycles. The number of aromatic nitrogens is 2. The van der Waals surface area contributed by atoms with Crippen molar-refractivity contribution in [2.45, 2.75) is 26.4 Å². The van der Waals surface area contributed by atoms with E-state index in [0.29, 0.717) is 11.4 Å². The Hall–Kier alpha value is -3.16. The zero-order valence-electron chi connectivity index (χ0n) is 13.6. The Balaban J connectivity index is 2.09. The fourth-order valence-electron chi connectivity index (χ4n) is 1.71. The standard InChI is InChI=1S/C16H18N4O4/c1-16(2,3)24-15(22)20-10-5-4-6-11(7-10)23-13-8-12(14(17)21)18-9-19-13/h4-9H,1-3H3,(H2,17,21)(H,20,22). The molecule has 0 fully saturated rings. The number of amides is 2. The van der Waals surface area contributed by atoms with Crippen LogP contribution in [0.5, 0.6) is 11.6 Å². The van der Waals surface area contributed by atoms with Crippen molar-refractivity contribution in [1.82, 2.24) is 9.97 Å². The first-order valence-electron chi connectivity index (χ1n) is 7.13. The molecule has 0 bridgehead atoms. The fraction of sp³-hybridized carbons (Fsp3) is 0.250. The minimum absolute atomic E-state index is 0.0445. The van der Waals surface area contributed by atoms with Crippen LogP contribution in [0.2, 0.25) is 0 Å². The number of nitrogens with zero attached hydrogens (tertiary/aromatic N) is 2. The summed E-state index contributed by atoms with van der Waals surface area (Å²) in [5.41, 5.74) is 5.10. The molecule has 1 aromatic carbocycles. The Morgan fingerprint density at radius 3 is 2.58 bits per heavy atom. The molecule has 2 rings (SSSR count). The summed E-state index contributed by atoms with van der Waals surface area (Å²) in [6, 6.07) is 7.97. The van der Waals surface area contributed by atoms with Crippen molar-refractivity contribution >= 4 is 17.7 Å². The quantitative estimate of drug-likeness (QED) is 0.890. The van der Waals surface area contributed by atoms with Crippen LogP contribution in [-0.4, -0.2) is 27.6 Å². The van der Waals surface area contributed by atoms with Gasteiger partial charge in [0.15, 0.2) is 0 Å². The zero-order valence-corrected chi connectivity index (χ0v) is 13.6. The van der Waals surface area contributed by atoms with Crippen LogP contribution in [0, 0.1) is 0 Å². The van der Waals surface area contributed by atoms with Crippen molar-refractivity contribution in [2.24, 2.45) is 5.73 Å². The molecule has 1 heterocycles. The van der Waals surface area contributed by atoms with E-state index < -0.39 is 17.6 Å². The van der Waals surface area contributed by atoms with E-state index >= 15 is 0 Å². The van der Waals surface area contributed by atoms with E-state index in [1.165, 1.54) is 12.4 Å². The van der Waals surface area contributed by atoms with E-state index in [2.05, 4.69) is 15.3 Å². The summed E-state index contributed by atoms with van der Waals surface area (Å²) in [6.07, 6.45) is 0.607. The van der Waals surface area contributed by atoms with E-state index in [1.54, 1.807) is 45.0 Å². The van der Waals surface area contributed by atoms with E-state index in [-0.39, 0.29) is 11.6 Å². The smallest absolute Gasteiger partial charge is 0.412 e. The fourth-order valence-corrected chi connectivity index (χ4v) is 1.71. The lowest BCUT2D eigenvalue weighted by atomic mass is 10.2. The molecule has 8 nitrogen and oxygen atoms in total. The molecule has 2 amide bonds. The molecule has 1 aromatic heterocycles. The van der Waals surface area contributed by atoms with Gasteiger partial charge in [0.05, 0.1) is 0 Å². The zero-order chi connectivity index (χ0) is 17.7. The summed E-state index contributed by atoms with van der Waals surface area (Å²) < 4.78 is 10.7. The highest BCUT2D eigenvalue weighted by atomic mass is 16.6. The van der Waals surface area contributed by atoms with Crippen LogP contribution in [0.4, 0.5) is 10.5 Å². The number of hydrogen-bond donors (Lipinski definition) is 2. The number of anilines is 1. The molecule has 3 N–H and O–H groups in total. The summed E-state index contributed by atoms with van der Waals surface area (Å²) in [5, 5.41) is 2.61. The van der Waals surface area contributed by atoms with Gasteiger partial charge in [0.1, 0.15) is 23.4 Å².